The number of pyridine rings is 1. The summed E-state index contributed by atoms with van der Waals surface area (Å²) in [7, 11) is 0.316. The standard InChI is InChI=1S/C15H21N5O2S/c1-18(2)11-14-6-9-19-13(5-8-17-19)12-20(14)23(21,22)15-4-3-7-16-10-15/h3-5,7-8,10,14H,6,9,11-12H2,1-2H3. The largest absolute Gasteiger partial charge is 0.308 e. The van der Waals surface area contributed by atoms with Gasteiger partial charge in [0, 0.05) is 37.7 Å². The van der Waals surface area contributed by atoms with Crippen molar-refractivity contribution in [3.63, 3.8) is 0 Å². The maximum Gasteiger partial charge on any atom is 0.245 e. The first-order chi connectivity index (χ1) is 11.0. The fourth-order valence-corrected chi connectivity index (χ4v) is 4.50. The highest BCUT2D eigenvalue weighted by atomic mass is 32.2. The second kappa shape index (κ2) is 6.38. The summed E-state index contributed by atoms with van der Waals surface area (Å²) >= 11 is 0. The summed E-state index contributed by atoms with van der Waals surface area (Å²) in [6.07, 6.45) is 5.43. The van der Waals surface area contributed by atoms with Gasteiger partial charge in [-0.05, 0) is 38.7 Å². The molecule has 2 aromatic heterocycles. The second-order valence-corrected chi connectivity index (χ2v) is 7.88. The topological polar surface area (TPSA) is 71.3 Å². The van der Waals surface area contributed by atoms with Gasteiger partial charge in [0.05, 0.1) is 12.2 Å². The second-order valence-electron chi connectivity index (χ2n) is 5.99. The zero-order valence-electron chi connectivity index (χ0n) is 13.3. The van der Waals surface area contributed by atoms with Crippen LogP contribution in [-0.4, -0.2) is 59.1 Å². The lowest BCUT2D eigenvalue weighted by atomic mass is 10.2. The van der Waals surface area contributed by atoms with Crippen LogP contribution in [0.3, 0.4) is 0 Å². The molecule has 124 valence electrons. The lowest BCUT2D eigenvalue weighted by Crippen LogP contribution is -2.44. The smallest absolute Gasteiger partial charge is 0.245 e. The Kier molecular flexibility index (Phi) is 4.47. The predicted octanol–water partition coefficient (Wildman–Crippen LogP) is 0.803. The van der Waals surface area contributed by atoms with Gasteiger partial charge in [-0.3, -0.25) is 9.67 Å². The molecular formula is C15H21N5O2S. The molecule has 0 aliphatic carbocycles. The summed E-state index contributed by atoms with van der Waals surface area (Å²) in [5.41, 5.74) is 0.915. The maximum atomic E-state index is 13.1. The van der Waals surface area contributed by atoms with E-state index in [1.165, 1.54) is 6.20 Å². The van der Waals surface area contributed by atoms with Crippen molar-refractivity contribution in [2.75, 3.05) is 20.6 Å². The number of nitrogens with zero attached hydrogens (tertiary/aromatic N) is 5. The highest BCUT2D eigenvalue weighted by Crippen LogP contribution is 2.25. The van der Waals surface area contributed by atoms with E-state index in [9.17, 15) is 8.42 Å². The number of hydrogen-bond acceptors (Lipinski definition) is 5. The third-order valence-corrected chi connectivity index (χ3v) is 5.90. The lowest BCUT2D eigenvalue weighted by Gasteiger charge is -2.30. The van der Waals surface area contributed by atoms with Crippen LogP contribution in [0.15, 0.2) is 41.7 Å². The first kappa shape index (κ1) is 16.1. The van der Waals surface area contributed by atoms with Crippen LogP contribution >= 0.6 is 0 Å². The number of sulfonamides is 1. The van der Waals surface area contributed by atoms with Gasteiger partial charge >= 0.3 is 0 Å². The molecule has 0 saturated heterocycles. The third-order valence-electron chi connectivity index (χ3n) is 4.02. The zero-order chi connectivity index (χ0) is 16.4. The Bertz CT molecular complexity index is 757. The van der Waals surface area contributed by atoms with Crippen LogP contribution in [0.25, 0.3) is 0 Å². The molecule has 0 N–H and O–H groups in total. The molecule has 3 heterocycles. The summed E-state index contributed by atoms with van der Waals surface area (Å²) in [5.74, 6) is 0. The number of fused-ring (bicyclic) bond motifs is 1. The summed E-state index contributed by atoms with van der Waals surface area (Å²) in [4.78, 5) is 6.21. The normalized spacial score (nSPS) is 19.5. The van der Waals surface area contributed by atoms with Gasteiger partial charge in [-0.1, -0.05) is 0 Å². The highest BCUT2D eigenvalue weighted by Gasteiger charge is 2.34. The molecule has 1 aliphatic rings. The Morgan fingerprint density at radius 3 is 2.83 bits per heavy atom. The van der Waals surface area contributed by atoms with Crippen LogP contribution in [0.5, 0.6) is 0 Å². The van der Waals surface area contributed by atoms with E-state index < -0.39 is 10.0 Å². The van der Waals surface area contributed by atoms with Crippen molar-refractivity contribution in [3.05, 3.63) is 42.5 Å². The van der Waals surface area contributed by atoms with E-state index in [1.807, 2.05) is 29.7 Å². The molecule has 1 atom stereocenters. The molecule has 0 aromatic carbocycles. The van der Waals surface area contributed by atoms with E-state index in [0.717, 1.165) is 18.7 Å². The minimum absolute atomic E-state index is 0.100. The van der Waals surface area contributed by atoms with Gasteiger partial charge in [0.25, 0.3) is 0 Å². The van der Waals surface area contributed by atoms with Gasteiger partial charge in [-0.15, -0.1) is 0 Å². The maximum absolute atomic E-state index is 13.1. The third kappa shape index (κ3) is 3.29. The van der Waals surface area contributed by atoms with E-state index in [1.54, 1.807) is 28.8 Å². The van der Waals surface area contributed by atoms with Crippen molar-refractivity contribution in [2.24, 2.45) is 0 Å². The average molecular weight is 335 g/mol. The quantitative estimate of drug-likeness (QED) is 0.827. The number of rotatable bonds is 4. The van der Waals surface area contributed by atoms with Crippen LogP contribution < -0.4 is 0 Å². The van der Waals surface area contributed by atoms with Crippen LogP contribution in [-0.2, 0) is 23.1 Å². The van der Waals surface area contributed by atoms with Crippen molar-refractivity contribution >= 4 is 10.0 Å². The van der Waals surface area contributed by atoms with E-state index in [2.05, 4.69) is 10.1 Å². The fraction of sp³-hybridized carbons (Fsp3) is 0.467. The van der Waals surface area contributed by atoms with E-state index in [-0.39, 0.29) is 10.9 Å². The van der Waals surface area contributed by atoms with Crippen molar-refractivity contribution in [1.29, 1.82) is 0 Å². The van der Waals surface area contributed by atoms with Crippen LogP contribution in [0.4, 0.5) is 0 Å². The Morgan fingerprint density at radius 2 is 2.13 bits per heavy atom. The van der Waals surface area contributed by atoms with Gasteiger partial charge in [-0.25, -0.2) is 8.42 Å². The molecular weight excluding hydrogens is 314 g/mol. The zero-order valence-corrected chi connectivity index (χ0v) is 14.1. The average Bonchev–Trinajstić information content (AvgIpc) is 2.90. The molecule has 8 heteroatoms. The molecule has 0 amide bonds. The summed E-state index contributed by atoms with van der Waals surface area (Å²) in [6, 6.07) is 5.02. The van der Waals surface area contributed by atoms with E-state index >= 15 is 0 Å². The monoisotopic (exact) mass is 335 g/mol. The summed E-state index contributed by atoms with van der Waals surface area (Å²) in [5, 5.41) is 4.29. The van der Waals surface area contributed by atoms with Gasteiger partial charge in [0.2, 0.25) is 10.0 Å². The SMILES string of the molecule is CN(C)CC1CCn2nccc2CN1S(=O)(=O)c1cccnc1. The Labute approximate surface area is 136 Å². The fourth-order valence-electron chi connectivity index (χ4n) is 2.92. The first-order valence-electron chi connectivity index (χ1n) is 7.56. The van der Waals surface area contributed by atoms with Crippen molar-refractivity contribution < 1.29 is 8.42 Å². The van der Waals surface area contributed by atoms with Crippen molar-refractivity contribution in [3.8, 4) is 0 Å². The van der Waals surface area contributed by atoms with Gasteiger partial charge < -0.3 is 4.90 Å². The Hall–Kier alpha value is -1.77. The minimum atomic E-state index is -3.60. The minimum Gasteiger partial charge on any atom is -0.308 e. The summed E-state index contributed by atoms with van der Waals surface area (Å²) < 4.78 is 29.7. The number of hydrogen-bond donors (Lipinski definition) is 0. The van der Waals surface area contributed by atoms with E-state index in [4.69, 9.17) is 0 Å². The molecule has 0 radical (unpaired) electrons. The van der Waals surface area contributed by atoms with Crippen molar-refractivity contribution in [2.45, 2.75) is 30.4 Å². The lowest BCUT2D eigenvalue weighted by molar-refractivity contribution is 0.239. The van der Waals surface area contributed by atoms with Crippen molar-refractivity contribution in [1.82, 2.24) is 24.0 Å². The molecule has 1 aliphatic heterocycles. The van der Waals surface area contributed by atoms with E-state index in [0.29, 0.717) is 13.1 Å². The predicted molar refractivity (Wildman–Crippen MR) is 86.2 cm³/mol. The van der Waals surface area contributed by atoms with Crippen LogP contribution in [0.2, 0.25) is 0 Å². The number of aryl methyl sites for hydroxylation is 1. The van der Waals surface area contributed by atoms with Gasteiger partial charge in [0.15, 0.2) is 0 Å². The summed E-state index contributed by atoms with van der Waals surface area (Å²) in [6.45, 7) is 1.72. The molecule has 23 heavy (non-hydrogen) atoms. The Morgan fingerprint density at radius 1 is 1.30 bits per heavy atom. The molecule has 0 fully saturated rings. The Balaban J connectivity index is 2.00. The number of aromatic nitrogens is 3. The van der Waals surface area contributed by atoms with Crippen LogP contribution in [0.1, 0.15) is 12.1 Å². The molecule has 3 rings (SSSR count). The number of likely N-dealkylation sites (N-methyl/N-ethyl adjacent to an activating group) is 1. The van der Waals surface area contributed by atoms with Gasteiger partial charge in [-0.2, -0.15) is 9.40 Å². The molecule has 0 saturated carbocycles. The first-order valence-corrected chi connectivity index (χ1v) is 9.00. The van der Waals surface area contributed by atoms with Gasteiger partial charge in [0.1, 0.15) is 4.90 Å². The molecule has 0 bridgehead atoms. The molecule has 2 aromatic rings. The molecule has 1 unspecified atom stereocenters. The highest BCUT2D eigenvalue weighted by molar-refractivity contribution is 7.89. The van der Waals surface area contributed by atoms with Crippen LogP contribution in [0, 0.1) is 0 Å². The molecule has 0 spiro atoms. The molecule has 7 nitrogen and oxygen atoms in total.